The van der Waals surface area contributed by atoms with E-state index in [-0.39, 0.29) is 0 Å². The summed E-state index contributed by atoms with van der Waals surface area (Å²) >= 11 is 0. The first kappa shape index (κ1) is 9.89. The van der Waals surface area contributed by atoms with Crippen LogP contribution in [-0.2, 0) is 6.54 Å². The molecule has 6 nitrogen and oxygen atoms in total. The Bertz CT molecular complexity index is 367. The van der Waals surface area contributed by atoms with E-state index in [2.05, 4.69) is 32.5 Å². The minimum atomic E-state index is 0.507. The lowest BCUT2D eigenvalue weighted by Crippen LogP contribution is -2.44. The second kappa shape index (κ2) is 3.93. The van der Waals surface area contributed by atoms with Crippen molar-refractivity contribution >= 4 is 11.9 Å². The topological polar surface area (TPSA) is 58.0 Å². The maximum Gasteiger partial charge on any atom is 0.246 e. The van der Waals surface area contributed by atoms with Crippen LogP contribution in [0.4, 0.5) is 11.9 Å². The van der Waals surface area contributed by atoms with Gasteiger partial charge in [-0.2, -0.15) is 4.98 Å². The van der Waals surface area contributed by atoms with Crippen LogP contribution in [0, 0.1) is 0 Å². The van der Waals surface area contributed by atoms with Crippen LogP contribution in [-0.4, -0.2) is 47.0 Å². The highest BCUT2D eigenvalue weighted by molar-refractivity contribution is 5.39. The van der Waals surface area contributed by atoms with E-state index in [9.17, 15) is 0 Å². The molecule has 2 N–H and O–H groups in total. The first-order valence-electron chi connectivity index (χ1n) is 6.00. The molecule has 2 aliphatic heterocycles. The summed E-state index contributed by atoms with van der Waals surface area (Å²) in [7, 11) is 0. The molecular weight excluding hydrogens is 204 g/mol. The van der Waals surface area contributed by atoms with Gasteiger partial charge in [0.25, 0.3) is 0 Å². The molecule has 0 spiro atoms. The van der Waals surface area contributed by atoms with E-state index < -0.39 is 0 Å². The molecule has 0 aliphatic carbocycles. The van der Waals surface area contributed by atoms with Crippen LogP contribution in [0.2, 0.25) is 0 Å². The van der Waals surface area contributed by atoms with E-state index in [1.807, 2.05) is 4.68 Å². The SMILES string of the molecule is CC1CCn2nc(N3CCNCC3)nc2N1. The van der Waals surface area contributed by atoms with E-state index in [1.54, 1.807) is 0 Å². The highest BCUT2D eigenvalue weighted by Gasteiger charge is 2.21. The number of aryl methyl sites for hydroxylation is 1. The van der Waals surface area contributed by atoms with Gasteiger partial charge in [0.15, 0.2) is 0 Å². The summed E-state index contributed by atoms with van der Waals surface area (Å²) in [6.07, 6.45) is 1.12. The average Bonchev–Trinajstić information content (AvgIpc) is 2.73. The van der Waals surface area contributed by atoms with Crippen molar-refractivity contribution in [2.75, 3.05) is 36.4 Å². The van der Waals surface area contributed by atoms with Gasteiger partial charge in [-0.25, -0.2) is 4.68 Å². The number of aromatic nitrogens is 3. The predicted molar refractivity (Wildman–Crippen MR) is 62.8 cm³/mol. The minimum Gasteiger partial charge on any atom is -0.352 e. The van der Waals surface area contributed by atoms with Crippen molar-refractivity contribution in [1.82, 2.24) is 20.1 Å². The first-order valence-corrected chi connectivity index (χ1v) is 6.00. The number of hydrogen-bond donors (Lipinski definition) is 2. The van der Waals surface area contributed by atoms with Gasteiger partial charge < -0.3 is 15.5 Å². The third-order valence-corrected chi connectivity index (χ3v) is 3.21. The van der Waals surface area contributed by atoms with Crippen LogP contribution < -0.4 is 15.5 Å². The zero-order valence-electron chi connectivity index (χ0n) is 9.61. The smallest absolute Gasteiger partial charge is 0.246 e. The van der Waals surface area contributed by atoms with Crippen LogP contribution >= 0.6 is 0 Å². The van der Waals surface area contributed by atoms with Gasteiger partial charge in [-0.15, -0.1) is 5.10 Å². The summed E-state index contributed by atoms with van der Waals surface area (Å²) in [4.78, 5) is 6.81. The van der Waals surface area contributed by atoms with Gasteiger partial charge in [-0.1, -0.05) is 0 Å². The highest BCUT2D eigenvalue weighted by atomic mass is 15.5. The van der Waals surface area contributed by atoms with Crippen molar-refractivity contribution in [2.45, 2.75) is 25.9 Å². The number of anilines is 2. The van der Waals surface area contributed by atoms with Crippen LogP contribution in [0.5, 0.6) is 0 Å². The van der Waals surface area contributed by atoms with Crippen molar-refractivity contribution in [3.8, 4) is 0 Å². The van der Waals surface area contributed by atoms with E-state index in [4.69, 9.17) is 0 Å². The number of piperazine rings is 1. The quantitative estimate of drug-likeness (QED) is 0.694. The lowest BCUT2D eigenvalue weighted by atomic mass is 10.2. The molecule has 1 atom stereocenters. The summed E-state index contributed by atoms with van der Waals surface area (Å²) in [6, 6.07) is 0.507. The normalized spacial score (nSPS) is 25.1. The Kier molecular flexibility index (Phi) is 2.43. The molecule has 0 saturated carbocycles. The average molecular weight is 222 g/mol. The van der Waals surface area contributed by atoms with Crippen molar-refractivity contribution < 1.29 is 0 Å². The summed E-state index contributed by atoms with van der Waals surface area (Å²) < 4.78 is 1.98. The maximum atomic E-state index is 4.56. The van der Waals surface area contributed by atoms with Crippen LogP contribution in [0.15, 0.2) is 0 Å². The molecule has 16 heavy (non-hydrogen) atoms. The molecule has 0 bridgehead atoms. The molecule has 0 amide bonds. The van der Waals surface area contributed by atoms with E-state index in [0.717, 1.165) is 51.0 Å². The third-order valence-electron chi connectivity index (χ3n) is 3.21. The maximum absolute atomic E-state index is 4.56. The zero-order valence-corrected chi connectivity index (χ0v) is 9.61. The Morgan fingerprint density at radius 3 is 2.88 bits per heavy atom. The fraction of sp³-hybridized carbons (Fsp3) is 0.800. The fourth-order valence-corrected chi connectivity index (χ4v) is 2.20. The lowest BCUT2D eigenvalue weighted by molar-refractivity contribution is 0.507. The number of rotatable bonds is 1. The molecule has 2 aliphatic rings. The highest BCUT2D eigenvalue weighted by Crippen LogP contribution is 2.19. The molecule has 3 rings (SSSR count). The van der Waals surface area contributed by atoms with Gasteiger partial charge in [0, 0.05) is 38.8 Å². The first-order chi connectivity index (χ1) is 7.83. The number of hydrogen-bond acceptors (Lipinski definition) is 5. The van der Waals surface area contributed by atoms with Gasteiger partial charge >= 0.3 is 0 Å². The monoisotopic (exact) mass is 222 g/mol. The Hall–Kier alpha value is -1.30. The Labute approximate surface area is 95.0 Å². The number of fused-ring (bicyclic) bond motifs is 1. The van der Waals surface area contributed by atoms with E-state index in [1.165, 1.54) is 0 Å². The van der Waals surface area contributed by atoms with Crippen LogP contribution in [0.3, 0.4) is 0 Å². The zero-order chi connectivity index (χ0) is 11.0. The van der Waals surface area contributed by atoms with Crippen molar-refractivity contribution in [3.05, 3.63) is 0 Å². The Balaban J connectivity index is 1.80. The molecule has 0 aromatic carbocycles. The largest absolute Gasteiger partial charge is 0.352 e. The third kappa shape index (κ3) is 1.73. The van der Waals surface area contributed by atoms with Crippen LogP contribution in [0.25, 0.3) is 0 Å². The molecule has 3 heterocycles. The summed E-state index contributed by atoms with van der Waals surface area (Å²) in [5.74, 6) is 1.80. The van der Waals surface area contributed by atoms with Crippen molar-refractivity contribution in [1.29, 1.82) is 0 Å². The molecule has 1 saturated heterocycles. The molecule has 1 aromatic rings. The van der Waals surface area contributed by atoms with Crippen LogP contribution in [0.1, 0.15) is 13.3 Å². The van der Waals surface area contributed by atoms with Crippen molar-refractivity contribution in [3.63, 3.8) is 0 Å². The molecule has 1 unspecified atom stereocenters. The van der Waals surface area contributed by atoms with Crippen molar-refractivity contribution in [2.24, 2.45) is 0 Å². The molecule has 0 radical (unpaired) electrons. The lowest BCUT2D eigenvalue weighted by Gasteiger charge is -2.25. The van der Waals surface area contributed by atoms with E-state index >= 15 is 0 Å². The minimum absolute atomic E-state index is 0.507. The Morgan fingerprint density at radius 2 is 2.06 bits per heavy atom. The predicted octanol–water partition coefficient (Wildman–Crippen LogP) is -0.108. The molecule has 1 fully saturated rings. The van der Waals surface area contributed by atoms with Gasteiger partial charge in [-0.05, 0) is 13.3 Å². The number of nitrogens with one attached hydrogen (secondary N) is 2. The summed E-state index contributed by atoms with van der Waals surface area (Å²) in [5, 5.41) is 11.3. The van der Waals surface area contributed by atoms with Gasteiger partial charge in [-0.3, -0.25) is 0 Å². The second-order valence-electron chi connectivity index (χ2n) is 4.53. The second-order valence-corrected chi connectivity index (χ2v) is 4.53. The van der Waals surface area contributed by atoms with Gasteiger partial charge in [0.1, 0.15) is 0 Å². The van der Waals surface area contributed by atoms with Gasteiger partial charge in [0.05, 0.1) is 0 Å². The van der Waals surface area contributed by atoms with Gasteiger partial charge in [0.2, 0.25) is 11.9 Å². The fourth-order valence-electron chi connectivity index (χ4n) is 2.20. The Morgan fingerprint density at radius 1 is 1.25 bits per heavy atom. The molecule has 1 aromatic heterocycles. The molecular formula is C10H18N6. The van der Waals surface area contributed by atoms with E-state index in [0.29, 0.717) is 6.04 Å². The standard InChI is InChI=1S/C10H18N6/c1-8-2-5-16-9(12-8)13-10(14-16)15-6-3-11-4-7-15/h8,11H,2-7H2,1H3,(H,12,13,14). The number of nitrogens with zero attached hydrogens (tertiary/aromatic N) is 4. The molecule has 88 valence electrons. The summed E-state index contributed by atoms with van der Waals surface area (Å²) in [5.41, 5.74) is 0. The summed E-state index contributed by atoms with van der Waals surface area (Å²) in [6.45, 7) is 7.20. The molecule has 6 heteroatoms.